The summed E-state index contributed by atoms with van der Waals surface area (Å²) in [5, 5.41) is 21.0. The van der Waals surface area contributed by atoms with E-state index >= 15 is 0 Å². The number of aryl methyl sites for hydroxylation is 1. The molecule has 6 aromatic carbocycles. The summed E-state index contributed by atoms with van der Waals surface area (Å²) in [5.41, 5.74) is 15.8. The topological polar surface area (TPSA) is 263 Å². The Morgan fingerprint density at radius 2 is 0.858 bits per heavy atom. The summed E-state index contributed by atoms with van der Waals surface area (Å²) in [6.07, 6.45) is 14.8. The van der Waals surface area contributed by atoms with Crippen LogP contribution in [-0.2, 0) is 63.0 Å². The number of hydrogen-bond donors (Lipinski definition) is 2. The van der Waals surface area contributed by atoms with E-state index in [4.69, 9.17) is 50.1 Å². The summed E-state index contributed by atoms with van der Waals surface area (Å²) >= 11 is 28.9. The third-order valence-electron chi connectivity index (χ3n) is 22.6. The Morgan fingerprint density at radius 1 is 0.442 bits per heavy atom. The van der Waals surface area contributed by atoms with E-state index in [0.717, 1.165) is 90.9 Å². The molecule has 2 N–H and O–H groups in total. The first-order valence-corrected chi connectivity index (χ1v) is 42.7. The molecule has 5 amide bonds. The lowest BCUT2D eigenvalue weighted by Crippen LogP contribution is -2.42. The Labute approximate surface area is 728 Å². The second kappa shape index (κ2) is 35.5. The number of amides is 5. The molecule has 1 saturated carbocycles. The molecular formula is C90H78Br3Cl3N16O8. The van der Waals surface area contributed by atoms with E-state index in [9.17, 15) is 38.4 Å². The molecule has 120 heavy (non-hydrogen) atoms. The second-order valence-corrected chi connectivity index (χ2v) is 33.8. The van der Waals surface area contributed by atoms with Crippen LogP contribution in [0, 0.1) is 12.8 Å². The Hall–Kier alpha value is -11.5. The number of aromatic nitrogens is 11. The third-order valence-corrected chi connectivity index (χ3v) is 26.3. The van der Waals surface area contributed by atoms with Crippen molar-refractivity contribution in [3.05, 3.63) is 356 Å². The molecule has 4 aliphatic rings. The van der Waals surface area contributed by atoms with Crippen molar-refractivity contribution in [2.75, 3.05) is 33.7 Å². The molecule has 0 radical (unpaired) electrons. The van der Waals surface area contributed by atoms with Gasteiger partial charge in [0, 0.05) is 152 Å². The largest absolute Gasteiger partial charge is 0.359 e. The molecule has 24 nitrogen and oxygen atoms in total. The van der Waals surface area contributed by atoms with Crippen LogP contribution >= 0.6 is 82.6 Å². The van der Waals surface area contributed by atoms with Crippen LogP contribution in [0.2, 0.25) is 15.1 Å². The van der Waals surface area contributed by atoms with Crippen molar-refractivity contribution in [3.63, 3.8) is 0 Å². The zero-order valence-corrected chi connectivity index (χ0v) is 72.3. The summed E-state index contributed by atoms with van der Waals surface area (Å²) in [6, 6.07) is 52.1. The molecule has 1 aliphatic carbocycles. The number of carbonyl (C=O) groups is 5. The van der Waals surface area contributed by atoms with Crippen LogP contribution in [0.25, 0.3) is 28.3 Å². The maximum atomic E-state index is 14.2. The number of fused-ring (bicyclic) bond motifs is 9. The van der Waals surface area contributed by atoms with Crippen LogP contribution in [-0.4, -0.2) is 130 Å². The van der Waals surface area contributed by atoms with E-state index in [-0.39, 0.29) is 77.8 Å². The molecule has 0 atom stereocenters. The van der Waals surface area contributed by atoms with Gasteiger partial charge in [0.05, 0.1) is 87.9 Å². The van der Waals surface area contributed by atoms with Gasteiger partial charge in [-0.2, -0.15) is 15.3 Å². The van der Waals surface area contributed by atoms with Crippen molar-refractivity contribution in [3.8, 4) is 11.4 Å². The predicted molar refractivity (Wildman–Crippen MR) is 470 cm³/mol. The lowest BCUT2D eigenvalue weighted by atomic mass is 9.85. The van der Waals surface area contributed by atoms with E-state index < -0.39 is 0 Å². The number of nitrogens with one attached hydrogen (secondary N) is 2. The fourth-order valence-corrected chi connectivity index (χ4v) is 17.7. The first-order valence-electron chi connectivity index (χ1n) is 39.2. The fraction of sp³-hybridized carbons (Fsp3) is 0.233. The highest BCUT2D eigenvalue weighted by Crippen LogP contribution is 2.37. The molecule has 18 rings (SSSR count). The molecule has 8 aromatic heterocycles. The van der Waals surface area contributed by atoms with E-state index in [1.54, 1.807) is 140 Å². The van der Waals surface area contributed by atoms with Crippen LogP contribution in [0.4, 0.5) is 0 Å². The van der Waals surface area contributed by atoms with Gasteiger partial charge in [0.2, 0.25) is 5.91 Å². The predicted octanol–water partition coefficient (Wildman–Crippen LogP) is 15.0. The monoisotopic (exact) mass is 1850 g/mol. The fourth-order valence-electron chi connectivity index (χ4n) is 16.4. The van der Waals surface area contributed by atoms with Gasteiger partial charge < -0.3 is 25.3 Å². The minimum absolute atomic E-state index is 0.00973. The van der Waals surface area contributed by atoms with Gasteiger partial charge in [-0.25, -0.2) is 13.5 Å². The van der Waals surface area contributed by atoms with Crippen LogP contribution in [0.15, 0.2) is 229 Å². The standard InChI is InChI=1S/C31H31BrClN5O3.C30H24BrClN6O3.C29H23BrClN5O2/c1-34-28(39)20-7-10-23(11-8-20)37-29-22(15-19-5-3-2-4-6-19)17-35-38(29)27-18-36(14-13-24(27)31(37)41)30(40)21-9-12-25(32)26(33)16-21;1-33-27(39)18-5-8-22(9-6-18)37-28-20(14-21-4-2-3-12-34-21)16-35-38(28)26-17-36(13-11-23(26)30(37)41)29(40)19-7-10-24(31)25(32)15-19;1-18-7-9-22(16-32-18)35-27-21(13-19-5-3-2-4-6-19)15-33-36(27)26-17-34(12-11-23(26)29(35)38)28(37)20-8-10-24(30)25(31)14-20/h2-6,9,12,16-17,20,23H,7-8,10-11,13-15,18H2,1H3,(H,34,39);2-10,12,15-16H,11,13-14,17H2,1H3,(H,33,39);2-10,14-16H,11-13,17H2,1H3. The van der Waals surface area contributed by atoms with Gasteiger partial charge in [-0.1, -0.05) is 102 Å². The van der Waals surface area contributed by atoms with Crippen molar-refractivity contribution in [2.24, 2.45) is 5.92 Å². The highest BCUT2D eigenvalue weighted by Gasteiger charge is 2.36. The summed E-state index contributed by atoms with van der Waals surface area (Å²) in [4.78, 5) is 121. The van der Waals surface area contributed by atoms with E-state index in [2.05, 4.69) is 92.7 Å². The van der Waals surface area contributed by atoms with E-state index in [1.807, 2.05) is 99.6 Å². The zero-order valence-electron chi connectivity index (χ0n) is 65.3. The van der Waals surface area contributed by atoms with Crippen molar-refractivity contribution in [2.45, 2.75) is 96.8 Å². The summed E-state index contributed by atoms with van der Waals surface area (Å²) < 4.78 is 12.9. The van der Waals surface area contributed by atoms with Gasteiger partial charge in [0.1, 0.15) is 16.9 Å². The van der Waals surface area contributed by atoms with Gasteiger partial charge in [-0.3, -0.25) is 62.0 Å². The molecular weight excluding hydrogens is 1780 g/mol. The molecule has 0 bridgehead atoms. The molecule has 11 heterocycles. The van der Waals surface area contributed by atoms with E-state index in [0.29, 0.717) is 145 Å². The number of benzene rings is 6. The second-order valence-electron chi connectivity index (χ2n) is 30.0. The van der Waals surface area contributed by atoms with Crippen molar-refractivity contribution >= 4 is 129 Å². The number of pyridine rings is 2. The Balaban J connectivity index is 0.000000134. The van der Waals surface area contributed by atoms with Gasteiger partial charge in [0.25, 0.3) is 40.3 Å². The first-order chi connectivity index (χ1) is 58.1. The Kier molecular flexibility index (Phi) is 24.3. The van der Waals surface area contributed by atoms with Crippen molar-refractivity contribution in [1.82, 2.24) is 77.8 Å². The highest BCUT2D eigenvalue weighted by molar-refractivity contribution is 9.11. The number of carbonyl (C=O) groups excluding carboxylic acids is 5. The summed E-state index contributed by atoms with van der Waals surface area (Å²) in [6.45, 7) is 3.91. The SMILES string of the molecule is CNC(=O)C1CCC(n2c(=O)c3c(n4ncc(Cc5ccccc5)c24)CN(C(=O)c2ccc(Br)c(Cl)c2)CC3)CC1.CNC(=O)c1ccc(-n2c(=O)c3c(n4ncc(Cc5ccccn5)c24)CN(C(=O)c2ccc(Br)c(Cl)c2)CC3)cc1.Cc1ccc(-n2c(=O)c3c(n4ncc(Cc5ccccc5)c24)CN(C(=O)c2ccc(Br)c(Cl)c2)CC3)cn1. The van der Waals surface area contributed by atoms with Crippen LogP contribution < -0.4 is 27.3 Å². The highest BCUT2D eigenvalue weighted by atomic mass is 79.9. The summed E-state index contributed by atoms with van der Waals surface area (Å²) in [5.74, 6) is -0.615. The Bertz CT molecular complexity index is 6550. The van der Waals surface area contributed by atoms with Crippen LogP contribution in [0.1, 0.15) is 146 Å². The quantitative estimate of drug-likeness (QED) is 0.103. The zero-order chi connectivity index (χ0) is 83.7. The number of nitrogens with zero attached hydrogens (tertiary/aromatic N) is 14. The molecule has 0 spiro atoms. The summed E-state index contributed by atoms with van der Waals surface area (Å²) in [7, 11) is 3.25. The van der Waals surface area contributed by atoms with Gasteiger partial charge >= 0.3 is 0 Å². The maximum Gasteiger partial charge on any atom is 0.261 e. The van der Waals surface area contributed by atoms with Gasteiger partial charge in [-0.05, 0) is 214 Å². The molecule has 1 fully saturated rings. The normalized spacial score (nSPS) is 14.9. The molecule has 608 valence electrons. The lowest BCUT2D eigenvalue weighted by molar-refractivity contribution is -0.125. The van der Waals surface area contributed by atoms with Crippen LogP contribution in [0.5, 0.6) is 0 Å². The smallest absolute Gasteiger partial charge is 0.261 e. The van der Waals surface area contributed by atoms with Crippen molar-refractivity contribution in [1.29, 1.82) is 0 Å². The number of hydrogen-bond acceptors (Lipinski definition) is 13. The molecule has 3 aliphatic heterocycles. The first kappa shape index (κ1) is 82.2. The number of rotatable bonds is 14. The van der Waals surface area contributed by atoms with Gasteiger partial charge in [-0.15, -0.1) is 0 Å². The minimum Gasteiger partial charge on any atom is -0.359 e. The molecule has 0 saturated heterocycles. The molecule has 30 heteroatoms. The average molecular weight is 1860 g/mol. The molecule has 0 unspecified atom stereocenters. The minimum atomic E-state index is -0.212. The maximum absolute atomic E-state index is 14.2. The van der Waals surface area contributed by atoms with E-state index in [1.165, 1.54) is 0 Å². The lowest BCUT2D eigenvalue weighted by Gasteiger charge is -2.33. The molecule has 14 aromatic rings. The van der Waals surface area contributed by atoms with Gasteiger partial charge in [0.15, 0.2) is 0 Å². The van der Waals surface area contributed by atoms with Crippen molar-refractivity contribution < 1.29 is 24.0 Å². The Morgan fingerprint density at radius 3 is 1.28 bits per heavy atom. The average Bonchev–Trinajstić information content (AvgIpc) is 1.51. The number of halogens is 6. The third kappa shape index (κ3) is 16.6. The van der Waals surface area contributed by atoms with Crippen LogP contribution in [0.3, 0.4) is 0 Å².